The highest BCUT2D eigenvalue weighted by atomic mass is 16.6. The van der Waals surface area contributed by atoms with E-state index < -0.39 is 16.9 Å². The number of nitrogens with one attached hydrogen (secondary N) is 1. The van der Waals surface area contributed by atoms with Gasteiger partial charge in [-0.25, -0.2) is 0 Å². The van der Waals surface area contributed by atoms with Crippen molar-refractivity contribution >= 4 is 17.3 Å². The zero-order chi connectivity index (χ0) is 14.7. The summed E-state index contributed by atoms with van der Waals surface area (Å²) >= 11 is 0. The molecular formula is C12H12N4O4. The number of phenols is 1. The summed E-state index contributed by atoms with van der Waals surface area (Å²) in [4.78, 5) is 22.0. The minimum absolute atomic E-state index is 0.0326. The fourth-order valence-electron chi connectivity index (χ4n) is 1.58. The molecule has 1 atom stereocenters. The number of benzene rings is 1. The molecule has 0 fully saturated rings. The van der Waals surface area contributed by atoms with E-state index in [1.54, 1.807) is 19.1 Å². The van der Waals surface area contributed by atoms with Crippen molar-refractivity contribution < 1.29 is 14.8 Å². The molecule has 1 amide bonds. The minimum Gasteiger partial charge on any atom is -0.508 e. The first-order chi connectivity index (χ1) is 9.47. The number of hydrogen-bond donors (Lipinski definition) is 2. The predicted molar refractivity (Wildman–Crippen MR) is 70.3 cm³/mol. The molecule has 104 valence electrons. The molecular weight excluding hydrogens is 264 g/mol. The monoisotopic (exact) mass is 276 g/mol. The number of nitro groups is 1. The van der Waals surface area contributed by atoms with E-state index in [0.29, 0.717) is 5.69 Å². The number of carbonyl (C=O) groups excluding carboxylic acids is 1. The molecule has 0 aliphatic carbocycles. The van der Waals surface area contributed by atoms with Gasteiger partial charge < -0.3 is 10.4 Å². The van der Waals surface area contributed by atoms with Crippen LogP contribution in [0.4, 0.5) is 11.4 Å². The molecule has 0 radical (unpaired) electrons. The molecule has 0 saturated heterocycles. The zero-order valence-electron chi connectivity index (χ0n) is 10.6. The Balaban J connectivity index is 2.10. The van der Waals surface area contributed by atoms with E-state index in [9.17, 15) is 20.0 Å². The Bertz CT molecular complexity index is 652. The Labute approximate surface area is 113 Å². The third-order valence-corrected chi connectivity index (χ3v) is 2.69. The van der Waals surface area contributed by atoms with Crippen LogP contribution in [-0.2, 0) is 4.79 Å². The molecule has 0 bridgehead atoms. The molecule has 20 heavy (non-hydrogen) atoms. The Morgan fingerprint density at radius 1 is 1.55 bits per heavy atom. The maximum Gasteiger partial charge on any atom is 0.307 e. The van der Waals surface area contributed by atoms with Crippen LogP contribution in [0.3, 0.4) is 0 Å². The molecule has 8 nitrogen and oxygen atoms in total. The van der Waals surface area contributed by atoms with E-state index in [4.69, 9.17) is 0 Å². The molecule has 0 spiro atoms. The minimum atomic E-state index is -0.717. The summed E-state index contributed by atoms with van der Waals surface area (Å²) < 4.78 is 1.20. The van der Waals surface area contributed by atoms with Crippen molar-refractivity contribution in [1.82, 2.24) is 9.78 Å². The molecule has 0 saturated carbocycles. The van der Waals surface area contributed by atoms with Crippen LogP contribution in [0.25, 0.3) is 0 Å². The normalized spacial score (nSPS) is 11.8. The van der Waals surface area contributed by atoms with E-state index in [-0.39, 0.29) is 11.4 Å². The third-order valence-electron chi connectivity index (χ3n) is 2.69. The van der Waals surface area contributed by atoms with Gasteiger partial charge in [0.05, 0.1) is 4.92 Å². The highest BCUT2D eigenvalue weighted by molar-refractivity contribution is 5.93. The fraction of sp³-hybridized carbons (Fsp3) is 0.167. The molecule has 8 heteroatoms. The summed E-state index contributed by atoms with van der Waals surface area (Å²) in [5.41, 5.74) is 0.255. The first-order valence-corrected chi connectivity index (χ1v) is 5.76. The van der Waals surface area contributed by atoms with E-state index in [1.807, 2.05) is 0 Å². The largest absolute Gasteiger partial charge is 0.508 e. The number of rotatable bonds is 4. The Morgan fingerprint density at radius 3 is 2.90 bits per heavy atom. The lowest BCUT2D eigenvalue weighted by Gasteiger charge is -2.12. The lowest BCUT2D eigenvalue weighted by atomic mass is 10.2. The molecule has 1 aromatic heterocycles. The summed E-state index contributed by atoms with van der Waals surface area (Å²) in [5, 5.41) is 26.2. The maximum absolute atomic E-state index is 12.0. The lowest BCUT2D eigenvalue weighted by molar-refractivity contribution is -0.385. The van der Waals surface area contributed by atoms with Gasteiger partial charge >= 0.3 is 5.69 Å². The van der Waals surface area contributed by atoms with Crippen LogP contribution in [0.5, 0.6) is 5.75 Å². The number of amides is 1. The molecule has 2 aromatic rings. The number of hydrogen-bond acceptors (Lipinski definition) is 5. The summed E-state index contributed by atoms with van der Waals surface area (Å²) in [7, 11) is 0. The Hall–Kier alpha value is -2.90. The standard InChI is InChI=1S/C12H12N4O4/c1-8(15-7-10(6-13-15)16(19)20)12(18)14-9-3-2-4-11(17)5-9/h2-8,17H,1H3,(H,14,18). The third kappa shape index (κ3) is 2.91. The van der Waals surface area contributed by atoms with Crippen LogP contribution in [0.15, 0.2) is 36.7 Å². The number of nitrogens with zero attached hydrogens (tertiary/aromatic N) is 3. The first kappa shape index (κ1) is 13.5. The van der Waals surface area contributed by atoms with Crippen molar-refractivity contribution in [3.63, 3.8) is 0 Å². The van der Waals surface area contributed by atoms with Crippen LogP contribution < -0.4 is 5.32 Å². The van der Waals surface area contributed by atoms with Crippen molar-refractivity contribution in [1.29, 1.82) is 0 Å². The van der Waals surface area contributed by atoms with Crippen molar-refractivity contribution in [2.24, 2.45) is 0 Å². The van der Waals surface area contributed by atoms with Gasteiger partial charge in [-0.1, -0.05) is 6.07 Å². The van der Waals surface area contributed by atoms with Gasteiger partial charge in [0.2, 0.25) is 5.91 Å². The van der Waals surface area contributed by atoms with Crippen LogP contribution in [0, 0.1) is 10.1 Å². The highest BCUT2D eigenvalue weighted by Crippen LogP contribution is 2.18. The number of aromatic hydroxyl groups is 1. The molecule has 2 N–H and O–H groups in total. The van der Waals surface area contributed by atoms with Gasteiger partial charge in [-0.3, -0.25) is 19.6 Å². The topological polar surface area (TPSA) is 110 Å². The van der Waals surface area contributed by atoms with Gasteiger partial charge in [0.15, 0.2) is 0 Å². The van der Waals surface area contributed by atoms with Crippen molar-refractivity contribution in [3.05, 3.63) is 46.8 Å². The van der Waals surface area contributed by atoms with Gasteiger partial charge in [-0.2, -0.15) is 5.10 Å². The second-order valence-corrected chi connectivity index (χ2v) is 4.15. The Kier molecular flexibility index (Phi) is 3.65. The second-order valence-electron chi connectivity index (χ2n) is 4.15. The van der Waals surface area contributed by atoms with Gasteiger partial charge in [0, 0.05) is 11.8 Å². The van der Waals surface area contributed by atoms with E-state index >= 15 is 0 Å². The van der Waals surface area contributed by atoms with Gasteiger partial charge in [-0.15, -0.1) is 0 Å². The van der Waals surface area contributed by atoms with Crippen molar-refractivity contribution in [3.8, 4) is 5.75 Å². The van der Waals surface area contributed by atoms with E-state index in [1.165, 1.54) is 23.0 Å². The van der Waals surface area contributed by atoms with E-state index in [2.05, 4.69) is 10.4 Å². The summed E-state index contributed by atoms with van der Waals surface area (Å²) in [6.45, 7) is 1.56. The first-order valence-electron chi connectivity index (χ1n) is 5.76. The van der Waals surface area contributed by atoms with Crippen LogP contribution >= 0.6 is 0 Å². The van der Waals surface area contributed by atoms with Gasteiger partial charge in [0.25, 0.3) is 0 Å². The maximum atomic E-state index is 12.0. The smallest absolute Gasteiger partial charge is 0.307 e. The van der Waals surface area contributed by atoms with Gasteiger partial charge in [0.1, 0.15) is 24.2 Å². The number of phenolic OH excluding ortho intramolecular Hbond substituents is 1. The Morgan fingerprint density at radius 2 is 2.30 bits per heavy atom. The molecule has 1 unspecified atom stereocenters. The summed E-state index contributed by atoms with van der Waals surface area (Å²) in [6, 6.07) is 5.38. The molecule has 0 aliphatic heterocycles. The summed E-state index contributed by atoms with van der Waals surface area (Å²) in [5.74, 6) is -0.362. The number of anilines is 1. The summed E-state index contributed by atoms with van der Waals surface area (Å²) in [6.07, 6.45) is 2.27. The van der Waals surface area contributed by atoms with Crippen molar-refractivity contribution in [2.75, 3.05) is 5.32 Å². The lowest BCUT2D eigenvalue weighted by Crippen LogP contribution is -2.23. The van der Waals surface area contributed by atoms with Gasteiger partial charge in [-0.05, 0) is 19.1 Å². The van der Waals surface area contributed by atoms with Crippen molar-refractivity contribution in [2.45, 2.75) is 13.0 Å². The average molecular weight is 276 g/mol. The predicted octanol–water partition coefficient (Wildman–Crippen LogP) is 1.70. The SMILES string of the molecule is CC(C(=O)Nc1cccc(O)c1)n1cc([N+](=O)[O-])cn1. The molecule has 1 heterocycles. The average Bonchev–Trinajstić information content (AvgIpc) is 2.87. The fourth-order valence-corrected chi connectivity index (χ4v) is 1.58. The second kappa shape index (κ2) is 5.39. The number of carbonyl (C=O) groups is 1. The molecule has 2 rings (SSSR count). The zero-order valence-corrected chi connectivity index (χ0v) is 10.6. The molecule has 1 aromatic carbocycles. The molecule has 0 aliphatic rings. The van der Waals surface area contributed by atoms with Crippen LogP contribution in [0.2, 0.25) is 0 Å². The van der Waals surface area contributed by atoms with Crippen LogP contribution in [-0.4, -0.2) is 25.7 Å². The van der Waals surface area contributed by atoms with Crippen LogP contribution in [0.1, 0.15) is 13.0 Å². The number of aromatic nitrogens is 2. The highest BCUT2D eigenvalue weighted by Gasteiger charge is 2.19. The van der Waals surface area contributed by atoms with E-state index in [0.717, 1.165) is 6.20 Å². The quantitative estimate of drug-likeness (QED) is 0.652.